The minimum Gasteiger partial charge on any atom is -0.465 e. The van der Waals surface area contributed by atoms with Gasteiger partial charge < -0.3 is 9.15 Å². The molecule has 0 N–H and O–H groups in total. The molecular formula is C24H20N2O5. The van der Waals surface area contributed by atoms with E-state index in [1.165, 1.54) is 13.3 Å². The van der Waals surface area contributed by atoms with Crippen molar-refractivity contribution in [1.29, 1.82) is 0 Å². The van der Waals surface area contributed by atoms with Crippen molar-refractivity contribution in [1.82, 2.24) is 5.01 Å². The van der Waals surface area contributed by atoms with Crippen LogP contribution < -0.4 is 0 Å². The first-order valence-corrected chi connectivity index (χ1v) is 10.4. The van der Waals surface area contributed by atoms with Crippen LogP contribution >= 0.6 is 0 Å². The normalized spacial score (nSPS) is 29.4. The number of esters is 1. The number of hydrogen-bond acceptors (Lipinski definition) is 6. The van der Waals surface area contributed by atoms with Crippen molar-refractivity contribution in [3.63, 3.8) is 0 Å². The standard InChI is InChI=1S/C24H20N2O5/c1-30-23(29)14-4-2-13(3-5-14)18-9-6-15(31-18)12-25-26-21(27)19-16-7-8-17(20(19)22(26)28)24(16)10-11-24/h2-9,12,16-17,19-20H,10-11H2,1H3/b25-12-/t16-,17-,19-,20+/m1/s1. The molecular weight excluding hydrogens is 396 g/mol. The lowest BCUT2D eigenvalue weighted by Gasteiger charge is -2.18. The number of ether oxygens (including phenoxy) is 1. The molecule has 7 nitrogen and oxygen atoms in total. The third-order valence-corrected chi connectivity index (χ3v) is 7.35. The molecule has 1 saturated heterocycles. The van der Waals surface area contributed by atoms with E-state index in [1.807, 2.05) is 0 Å². The van der Waals surface area contributed by atoms with Gasteiger partial charge in [0.25, 0.3) is 11.8 Å². The van der Waals surface area contributed by atoms with Crippen molar-refractivity contribution >= 4 is 24.0 Å². The average Bonchev–Trinajstić information content (AvgIpc) is 3.07. The summed E-state index contributed by atoms with van der Waals surface area (Å²) in [6.07, 6.45) is 7.91. The molecule has 1 aromatic heterocycles. The zero-order valence-electron chi connectivity index (χ0n) is 16.9. The molecule has 7 heteroatoms. The fraction of sp³-hybridized carbons (Fsp3) is 0.333. The van der Waals surface area contributed by atoms with Crippen LogP contribution in [0.15, 0.2) is 58.1 Å². The Labute approximate surface area is 178 Å². The first-order valence-electron chi connectivity index (χ1n) is 10.4. The average molecular weight is 416 g/mol. The van der Waals surface area contributed by atoms with E-state index in [9.17, 15) is 14.4 Å². The van der Waals surface area contributed by atoms with Crippen LogP contribution in [-0.2, 0) is 14.3 Å². The van der Waals surface area contributed by atoms with Gasteiger partial charge in [0, 0.05) is 5.56 Å². The van der Waals surface area contributed by atoms with Gasteiger partial charge in [0.2, 0.25) is 0 Å². The number of imide groups is 1. The lowest BCUT2D eigenvalue weighted by atomic mass is 9.85. The van der Waals surface area contributed by atoms with E-state index >= 15 is 0 Å². The largest absolute Gasteiger partial charge is 0.465 e. The third-order valence-electron chi connectivity index (χ3n) is 7.35. The Morgan fingerprint density at radius 3 is 2.29 bits per heavy atom. The molecule has 156 valence electrons. The summed E-state index contributed by atoms with van der Waals surface area (Å²) >= 11 is 0. The van der Waals surface area contributed by atoms with Gasteiger partial charge in [-0.15, -0.1) is 0 Å². The minimum absolute atomic E-state index is 0.176. The van der Waals surface area contributed by atoms with E-state index < -0.39 is 5.97 Å². The van der Waals surface area contributed by atoms with Crippen LogP contribution in [0.3, 0.4) is 0 Å². The Kier molecular flexibility index (Phi) is 3.70. The summed E-state index contributed by atoms with van der Waals surface area (Å²) in [5.74, 6) is 0.0741. The van der Waals surface area contributed by atoms with Crippen molar-refractivity contribution < 1.29 is 23.5 Å². The second kappa shape index (κ2) is 6.26. The number of hydrogen-bond donors (Lipinski definition) is 0. The van der Waals surface area contributed by atoms with Crippen LogP contribution in [-0.4, -0.2) is 36.1 Å². The Balaban J connectivity index is 1.19. The molecule has 6 rings (SSSR count). The van der Waals surface area contributed by atoms with Gasteiger partial charge in [-0.05, 0) is 54.4 Å². The van der Waals surface area contributed by atoms with Crippen LogP contribution in [0.5, 0.6) is 0 Å². The number of rotatable bonds is 4. The van der Waals surface area contributed by atoms with Crippen molar-refractivity contribution in [2.24, 2.45) is 34.2 Å². The number of nitrogens with zero attached hydrogens (tertiary/aromatic N) is 2. The highest BCUT2D eigenvalue weighted by atomic mass is 16.5. The summed E-state index contributed by atoms with van der Waals surface area (Å²) in [4.78, 5) is 37.5. The van der Waals surface area contributed by atoms with Crippen molar-refractivity contribution in [2.45, 2.75) is 12.8 Å². The van der Waals surface area contributed by atoms with E-state index in [1.54, 1.807) is 36.4 Å². The van der Waals surface area contributed by atoms with Crippen molar-refractivity contribution in [3.05, 3.63) is 59.9 Å². The fourth-order valence-corrected chi connectivity index (χ4v) is 5.76. The highest BCUT2D eigenvalue weighted by Gasteiger charge is 2.73. The molecule has 31 heavy (non-hydrogen) atoms. The Hall–Kier alpha value is -3.48. The number of furan rings is 1. The molecule has 2 heterocycles. The van der Waals surface area contributed by atoms with Gasteiger partial charge in [-0.1, -0.05) is 24.3 Å². The molecule has 0 unspecified atom stereocenters. The van der Waals surface area contributed by atoms with E-state index in [-0.39, 0.29) is 40.9 Å². The maximum absolute atomic E-state index is 13.0. The number of methoxy groups -OCH3 is 1. The molecule has 1 spiro atoms. The zero-order chi connectivity index (χ0) is 21.3. The number of allylic oxidation sites excluding steroid dienone is 2. The Morgan fingerprint density at radius 2 is 1.71 bits per heavy atom. The Bertz CT molecular complexity index is 1140. The fourth-order valence-electron chi connectivity index (χ4n) is 5.76. The van der Waals surface area contributed by atoms with Crippen molar-refractivity contribution in [3.8, 4) is 11.3 Å². The molecule has 1 aromatic carbocycles. The van der Waals surface area contributed by atoms with Crippen molar-refractivity contribution in [2.75, 3.05) is 7.11 Å². The molecule has 2 aromatic rings. The molecule has 2 saturated carbocycles. The number of amides is 2. The number of hydrazone groups is 1. The maximum Gasteiger partial charge on any atom is 0.337 e. The van der Waals surface area contributed by atoms with Gasteiger partial charge in [0.1, 0.15) is 11.5 Å². The third kappa shape index (κ3) is 2.46. The molecule has 3 fully saturated rings. The monoisotopic (exact) mass is 416 g/mol. The Morgan fingerprint density at radius 1 is 1.06 bits per heavy atom. The van der Waals surface area contributed by atoms with Gasteiger partial charge in [-0.2, -0.15) is 10.1 Å². The molecule has 2 amide bonds. The molecule has 2 bridgehead atoms. The second-order valence-corrected chi connectivity index (χ2v) is 8.72. The van der Waals surface area contributed by atoms with Gasteiger partial charge in [0.15, 0.2) is 0 Å². The number of carbonyl (C=O) groups is 3. The smallest absolute Gasteiger partial charge is 0.337 e. The van der Waals surface area contributed by atoms with Crippen LogP contribution in [0.1, 0.15) is 29.0 Å². The maximum atomic E-state index is 13.0. The minimum atomic E-state index is -0.403. The summed E-state index contributed by atoms with van der Waals surface area (Å²) in [7, 11) is 1.34. The topological polar surface area (TPSA) is 89.2 Å². The zero-order valence-corrected chi connectivity index (χ0v) is 16.9. The molecule has 4 aliphatic rings. The number of carbonyl (C=O) groups excluding carboxylic acids is 3. The number of benzene rings is 1. The van der Waals surface area contributed by atoms with Crippen LogP contribution in [0.2, 0.25) is 0 Å². The predicted octanol–water partition coefficient (Wildman–Crippen LogP) is 3.26. The van der Waals surface area contributed by atoms with Gasteiger partial charge in [-0.3, -0.25) is 9.59 Å². The van der Waals surface area contributed by atoms with E-state index in [2.05, 4.69) is 17.3 Å². The van der Waals surface area contributed by atoms with Gasteiger partial charge in [-0.25, -0.2) is 4.79 Å². The molecule has 4 atom stereocenters. The van der Waals surface area contributed by atoms with Crippen LogP contribution in [0.25, 0.3) is 11.3 Å². The first kappa shape index (κ1) is 18.3. The van der Waals surface area contributed by atoms with Gasteiger partial charge in [0.05, 0.1) is 30.7 Å². The second-order valence-electron chi connectivity index (χ2n) is 8.72. The highest BCUT2D eigenvalue weighted by Crippen LogP contribution is 2.73. The van der Waals surface area contributed by atoms with E-state index in [0.29, 0.717) is 17.1 Å². The summed E-state index contributed by atoms with van der Waals surface area (Å²) in [5.41, 5.74) is 1.41. The van der Waals surface area contributed by atoms with Crippen LogP contribution in [0, 0.1) is 29.1 Å². The molecule has 1 aliphatic heterocycles. The van der Waals surface area contributed by atoms with Crippen LogP contribution in [0.4, 0.5) is 0 Å². The summed E-state index contributed by atoms with van der Waals surface area (Å²) in [6, 6.07) is 10.3. The molecule has 0 radical (unpaired) electrons. The highest BCUT2D eigenvalue weighted by molar-refractivity contribution is 6.07. The first-order chi connectivity index (χ1) is 15.0. The van der Waals surface area contributed by atoms with E-state index in [4.69, 9.17) is 9.15 Å². The summed E-state index contributed by atoms with van der Waals surface area (Å²) in [5, 5.41) is 5.22. The van der Waals surface area contributed by atoms with Gasteiger partial charge >= 0.3 is 5.97 Å². The quantitative estimate of drug-likeness (QED) is 0.330. The molecule has 3 aliphatic carbocycles. The lowest BCUT2D eigenvalue weighted by molar-refractivity contribution is -0.141. The summed E-state index contributed by atoms with van der Waals surface area (Å²) < 4.78 is 10.5. The lowest BCUT2D eigenvalue weighted by Crippen LogP contribution is -2.30. The predicted molar refractivity (Wildman–Crippen MR) is 110 cm³/mol. The SMILES string of the molecule is COC(=O)c1ccc(-c2ccc(/C=N\N3C(=O)[C@@H]4[C@H](C3=O)[C@H]3C=C[C@H]4C34CC4)o2)cc1. The summed E-state index contributed by atoms with van der Waals surface area (Å²) in [6.45, 7) is 0. The number of fused-ring (bicyclic) bond motifs is 3. The van der Waals surface area contributed by atoms with E-state index in [0.717, 1.165) is 23.4 Å².